The van der Waals surface area contributed by atoms with Crippen LogP contribution in [0.15, 0.2) is 18.2 Å². The maximum atomic E-state index is 14.9. The Morgan fingerprint density at radius 3 is 2.41 bits per heavy atom. The lowest BCUT2D eigenvalue weighted by atomic mass is 9.77. The number of nitrogens with zero attached hydrogens (tertiary/aromatic N) is 3. The number of esters is 1. The molecule has 2 amide bonds. The summed E-state index contributed by atoms with van der Waals surface area (Å²) in [6.07, 6.45) is 0.185. The van der Waals surface area contributed by atoms with Gasteiger partial charge in [0.25, 0.3) is 0 Å². The number of carbonyl (C=O) groups is 4. The molecular weight excluding hydrogens is 787 g/mol. The first-order valence-corrected chi connectivity index (χ1v) is 22.0. The SMILES string of the molecule is C.COc1ccc2nc3c(nc2c1)O[C@H]1CN(C(=O)[C@H](C(C)(C)C)CC(=O)O[C@]2(C)C[C@H]2CCCCC3)[C@H](C(=O)C[C@]2(C(=O)NS(=O)(=O)C3(C)CC3)C[C@H]2C(F)F)[C@@H]1C. The number of fused-ring (bicyclic) bond motifs is 5. The number of ketones is 1. The molecule has 1 N–H and O–H groups in total. The fourth-order valence-corrected chi connectivity index (χ4v) is 10.4. The molecule has 59 heavy (non-hydrogen) atoms. The van der Waals surface area contributed by atoms with Crippen LogP contribution >= 0.6 is 0 Å². The number of benzene rings is 1. The van der Waals surface area contributed by atoms with E-state index in [0.29, 0.717) is 41.7 Å². The molecular formula is C43H60F2N4O9S. The van der Waals surface area contributed by atoms with Crippen LogP contribution in [0.2, 0.25) is 0 Å². The molecule has 3 heterocycles. The molecule has 4 fully saturated rings. The summed E-state index contributed by atoms with van der Waals surface area (Å²) < 4.78 is 73.9. The molecule has 13 nitrogen and oxygen atoms in total. The summed E-state index contributed by atoms with van der Waals surface area (Å²) >= 11 is 0. The van der Waals surface area contributed by atoms with Crippen molar-refractivity contribution in [2.24, 2.45) is 34.5 Å². The van der Waals surface area contributed by atoms with Gasteiger partial charge >= 0.3 is 5.97 Å². The number of ether oxygens (including phenoxy) is 3. The van der Waals surface area contributed by atoms with Gasteiger partial charge in [-0.2, -0.15) is 0 Å². The van der Waals surface area contributed by atoms with Gasteiger partial charge in [0.15, 0.2) is 5.78 Å². The van der Waals surface area contributed by atoms with Crippen molar-refractivity contribution >= 4 is 44.6 Å². The molecule has 0 unspecified atom stereocenters. The standard InChI is InChI=1S/C42H56F2N4O9S.CH4/c1-23-32-22-48(34(23)31(49)21-42(20-27(42)35(43)44)38(52)47-58(53,54)40(5)15-16-40)37(51)26(39(2,3)4)18-33(50)57-41(6)19-24(41)11-9-8-10-12-29-36(56-32)46-30-17-25(55-7)13-14-28(30)45-29;/h13-14,17,23-24,26-27,32,34-35H,8-12,15-16,18-22H2,1-7H3,(H,47,52);1H4/t23-,24-,26-,27+,32+,34+,41-,42-;/m1./s1. The Balaban J connectivity index is 0.00000585. The van der Waals surface area contributed by atoms with Gasteiger partial charge < -0.3 is 19.1 Å². The molecule has 0 radical (unpaired) electrons. The topological polar surface area (TPSA) is 171 Å². The number of aryl methyl sites for hydroxylation is 1. The highest BCUT2D eigenvalue weighted by molar-refractivity contribution is 7.91. The minimum atomic E-state index is -4.19. The van der Waals surface area contributed by atoms with E-state index in [-0.39, 0.29) is 38.6 Å². The second kappa shape index (κ2) is 15.8. The Hall–Kier alpha value is -3.95. The normalized spacial score (nSPS) is 32.0. The van der Waals surface area contributed by atoms with Gasteiger partial charge in [0.05, 0.1) is 53.2 Å². The molecule has 3 aliphatic carbocycles. The molecule has 2 bridgehead atoms. The van der Waals surface area contributed by atoms with Gasteiger partial charge in [-0.05, 0) is 76.3 Å². The second-order valence-corrected chi connectivity index (χ2v) is 21.2. The number of halogens is 2. The van der Waals surface area contributed by atoms with Crippen molar-refractivity contribution < 1.29 is 50.6 Å². The Morgan fingerprint density at radius 2 is 1.78 bits per heavy atom. The monoisotopic (exact) mass is 846 g/mol. The zero-order chi connectivity index (χ0) is 42.2. The summed E-state index contributed by atoms with van der Waals surface area (Å²) in [5, 5.41) is 0. The first-order chi connectivity index (χ1) is 27.1. The van der Waals surface area contributed by atoms with Crippen LogP contribution in [0.25, 0.3) is 11.0 Å². The maximum Gasteiger partial charge on any atom is 0.307 e. The fourth-order valence-electron chi connectivity index (χ4n) is 9.05. The smallest absolute Gasteiger partial charge is 0.307 e. The number of aromatic nitrogens is 2. The van der Waals surface area contributed by atoms with E-state index in [4.69, 9.17) is 24.2 Å². The third-order valence-electron chi connectivity index (χ3n) is 13.7. The molecule has 2 aromatic rings. The molecule has 7 rings (SSSR count). The predicted octanol–water partition coefficient (Wildman–Crippen LogP) is 6.59. The summed E-state index contributed by atoms with van der Waals surface area (Å²) in [5.74, 6) is -5.09. The van der Waals surface area contributed by atoms with Crippen LogP contribution in [-0.2, 0) is 40.4 Å². The number of rotatable bonds is 8. The molecule has 1 saturated heterocycles. The molecule has 5 aliphatic rings. The van der Waals surface area contributed by atoms with E-state index in [0.717, 1.165) is 32.1 Å². The molecule has 1 aromatic carbocycles. The summed E-state index contributed by atoms with van der Waals surface area (Å²) in [6.45, 7) is 10.5. The van der Waals surface area contributed by atoms with E-state index in [2.05, 4.69) is 0 Å². The van der Waals surface area contributed by atoms with E-state index in [1.807, 2.05) is 38.5 Å². The zero-order valence-corrected chi connectivity index (χ0v) is 35.3. The average Bonchev–Trinajstić information content (AvgIpc) is 4.09. The van der Waals surface area contributed by atoms with Gasteiger partial charge in [-0.3, -0.25) is 23.9 Å². The van der Waals surface area contributed by atoms with Crippen molar-refractivity contribution in [1.29, 1.82) is 0 Å². The number of sulfonamides is 1. The summed E-state index contributed by atoms with van der Waals surface area (Å²) in [5.41, 5.74) is -1.63. The predicted molar refractivity (Wildman–Crippen MR) is 215 cm³/mol. The highest BCUT2D eigenvalue weighted by Gasteiger charge is 2.67. The highest BCUT2D eigenvalue weighted by atomic mass is 32.2. The van der Waals surface area contributed by atoms with Crippen LogP contribution in [0.4, 0.5) is 8.78 Å². The lowest BCUT2D eigenvalue weighted by Gasteiger charge is -2.35. The van der Waals surface area contributed by atoms with Crippen LogP contribution in [0, 0.1) is 34.5 Å². The van der Waals surface area contributed by atoms with E-state index in [1.54, 1.807) is 26.2 Å². The molecule has 2 aliphatic heterocycles. The van der Waals surface area contributed by atoms with Crippen LogP contribution in [0.3, 0.4) is 0 Å². The number of hydrogen-bond donors (Lipinski definition) is 1. The van der Waals surface area contributed by atoms with E-state index in [1.165, 1.54) is 11.8 Å². The van der Waals surface area contributed by atoms with Crippen molar-refractivity contribution in [3.63, 3.8) is 0 Å². The van der Waals surface area contributed by atoms with Crippen LogP contribution in [0.5, 0.6) is 11.6 Å². The minimum Gasteiger partial charge on any atom is -0.497 e. The summed E-state index contributed by atoms with van der Waals surface area (Å²) in [6, 6.07) is 4.08. The van der Waals surface area contributed by atoms with Crippen LogP contribution in [-0.4, -0.2) is 89.4 Å². The molecule has 1 aromatic heterocycles. The van der Waals surface area contributed by atoms with E-state index >= 15 is 0 Å². The lowest BCUT2D eigenvalue weighted by molar-refractivity contribution is -0.158. The summed E-state index contributed by atoms with van der Waals surface area (Å²) in [7, 11) is -2.65. The second-order valence-electron chi connectivity index (χ2n) is 19.0. The Kier molecular flexibility index (Phi) is 12.0. The summed E-state index contributed by atoms with van der Waals surface area (Å²) in [4.78, 5) is 68.0. The van der Waals surface area contributed by atoms with Gasteiger partial charge in [-0.25, -0.2) is 27.2 Å². The van der Waals surface area contributed by atoms with Gasteiger partial charge in [-0.1, -0.05) is 48.0 Å². The third-order valence-corrected chi connectivity index (χ3v) is 15.8. The molecule has 326 valence electrons. The average molecular weight is 847 g/mol. The number of carbonyl (C=O) groups excluding carboxylic acids is 4. The van der Waals surface area contributed by atoms with Gasteiger partial charge in [-0.15, -0.1) is 0 Å². The zero-order valence-electron chi connectivity index (χ0n) is 34.4. The molecule has 16 heteroatoms. The largest absolute Gasteiger partial charge is 0.497 e. The molecule has 0 spiro atoms. The van der Waals surface area contributed by atoms with Gasteiger partial charge in [0, 0.05) is 30.2 Å². The number of hydrogen-bond acceptors (Lipinski definition) is 11. The van der Waals surface area contributed by atoms with E-state index < -0.39 is 97.5 Å². The maximum absolute atomic E-state index is 14.9. The number of alkyl halides is 2. The van der Waals surface area contributed by atoms with Crippen LogP contribution < -0.4 is 14.2 Å². The quantitative estimate of drug-likeness (QED) is 0.285. The van der Waals surface area contributed by atoms with Crippen molar-refractivity contribution in [2.45, 2.75) is 149 Å². The Bertz CT molecular complexity index is 2110. The number of methoxy groups -OCH3 is 1. The van der Waals surface area contributed by atoms with Crippen molar-refractivity contribution in [2.75, 3.05) is 13.7 Å². The van der Waals surface area contributed by atoms with Gasteiger partial charge in [0.1, 0.15) is 23.1 Å². The highest BCUT2D eigenvalue weighted by Crippen LogP contribution is 2.59. The Morgan fingerprint density at radius 1 is 1.07 bits per heavy atom. The number of amides is 2. The number of nitrogens with one attached hydrogen (secondary N) is 1. The van der Waals surface area contributed by atoms with E-state index in [9.17, 15) is 36.4 Å². The first kappa shape index (κ1) is 44.6. The first-order valence-electron chi connectivity index (χ1n) is 20.5. The Labute approximate surface area is 346 Å². The molecule has 8 atom stereocenters. The van der Waals surface area contributed by atoms with Gasteiger partial charge in [0.2, 0.25) is 34.1 Å². The lowest BCUT2D eigenvalue weighted by Crippen LogP contribution is -2.50. The third kappa shape index (κ3) is 8.66. The van der Waals surface area contributed by atoms with Crippen molar-refractivity contribution in [3.05, 3.63) is 23.9 Å². The van der Waals surface area contributed by atoms with Crippen LogP contribution in [0.1, 0.15) is 119 Å². The number of Topliss-reactive ketones (excluding diaryl/α,β-unsaturated/α-hetero) is 1. The molecule has 3 saturated carbocycles. The van der Waals surface area contributed by atoms with Crippen molar-refractivity contribution in [3.8, 4) is 11.6 Å². The van der Waals surface area contributed by atoms with Crippen molar-refractivity contribution in [1.82, 2.24) is 19.6 Å². The minimum absolute atomic E-state index is 0. The fraction of sp³-hybridized carbons (Fsp3) is 0.721.